The van der Waals surface area contributed by atoms with Crippen LogP contribution in [0.4, 0.5) is 0 Å². The highest BCUT2D eigenvalue weighted by Gasteiger charge is 2.20. The van der Waals surface area contributed by atoms with Gasteiger partial charge in [0, 0.05) is 12.8 Å². The second-order valence-corrected chi connectivity index (χ2v) is 6.54. The van der Waals surface area contributed by atoms with E-state index in [0.717, 1.165) is 12.8 Å². The third kappa shape index (κ3) is 2.63. The van der Waals surface area contributed by atoms with Gasteiger partial charge >= 0.3 is 0 Å². The Labute approximate surface area is 148 Å². The molecule has 0 amide bonds. The second kappa shape index (κ2) is 6.05. The average molecular weight is 355 g/mol. The number of rotatable bonds is 3. The van der Waals surface area contributed by atoms with Crippen LogP contribution in [0.15, 0.2) is 35.3 Å². The largest absolute Gasteiger partial charge is 0.389 e. The SMILES string of the molecule is N=c1c(C(N)=S)cc2c(=O)n3ccccc3nc2n1C[C@H]1CCCO1. The minimum Gasteiger partial charge on any atom is -0.389 e. The van der Waals surface area contributed by atoms with Gasteiger partial charge in [-0.2, -0.15) is 0 Å². The van der Waals surface area contributed by atoms with E-state index in [1.54, 1.807) is 29.0 Å². The van der Waals surface area contributed by atoms with Gasteiger partial charge in [-0.1, -0.05) is 18.3 Å². The molecule has 3 aromatic heterocycles. The van der Waals surface area contributed by atoms with Crippen LogP contribution >= 0.6 is 12.2 Å². The molecule has 1 aliphatic heterocycles. The van der Waals surface area contributed by atoms with Crippen molar-refractivity contribution in [1.82, 2.24) is 14.0 Å². The quantitative estimate of drug-likeness (QED) is 0.538. The Morgan fingerprint density at radius 2 is 2.32 bits per heavy atom. The molecule has 1 atom stereocenters. The van der Waals surface area contributed by atoms with Gasteiger partial charge in [0.25, 0.3) is 5.56 Å². The summed E-state index contributed by atoms with van der Waals surface area (Å²) in [6.45, 7) is 1.16. The van der Waals surface area contributed by atoms with Gasteiger partial charge in [-0.15, -0.1) is 0 Å². The predicted molar refractivity (Wildman–Crippen MR) is 97.7 cm³/mol. The van der Waals surface area contributed by atoms with Crippen LogP contribution in [0.3, 0.4) is 0 Å². The van der Waals surface area contributed by atoms with Gasteiger partial charge in [0.2, 0.25) is 0 Å². The number of ether oxygens (including phenoxy) is 1. The summed E-state index contributed by atoms with van der Waals surface area (Å²) in [7, 11) is 0. The molecule has 8 heteroatoms. The van der Waals surface area contributed by atoms with Crippen molar-refractivity contribution in [2.75, 3.05) is 6.61 Å². The van der Waals surface area contributed by atoms with Crippen molar-refractivity contribution in [2.24, 2.45) is 5.73 Å². The van der Waals surface area contributed by atoms with Crippen molar-refractivity contribution in [2.45, 2.75) is 25.5 Å². The van der Waals surface area contributed by atoms with Crippen LogP contribution in [0.1, 0.15) is 18.4 Å². The number of pyridine rings is 2. The molecule has 3 N–H and O–H groups in total. The summed E-state index contributed by atoms with van der Waals surface area (Å²) >= 11 is 5.08. The average Bonchev–Trinajstić information content (AvgIpc) is 3.11. The number of thiocarbonyl (C=S) groups is 1. The molecule has 0 bridgehead atoms. The van der Waals surface area contributed by atoms with E-state index in [2.05, 4.69) is 4.98 Å². The minimum atomic E-state index is -0.209. The first-order valence-corrected chi connectivity index (χ1v) is 8.48. The van der Waals surface area contributed by atoms with Gasteiger partial charge in [0.1, 0.15) is 21.8 Å². The summed E-state index contributed by atoms with van der Waals surface area (Å²) < 4.78 is 8.87. The van der Waals surface area contributed by atoms with Crippen LogP contribution in [0.5, 0.6) is 0 Å². The number of nitrogens with zero attached hydrogens (tertiary/aromatic N) is 3. The zero-order chi connectivity index (χ0) is 17.6. The molecule has 4 heterocycles. The summed E-state index contributed by atoms with van der Waals surface area (Å²) in [6.07, 6.45) is 3.57. The van der Waals surface area contributed by atoms with Gasteiger partial charge in [-0.25, -0.2) is 4.98 Å². The normalized spacial score (nSPS) is 17.4. The molecule has 1 fully saturated rings. The van der Waals surface area contributed by atoms with Crippen molar-refractivity contribution in [3.8, 4) is 0 Å². The predicted octanol–water partition coefficient (Wildman–Crippen LogP) is 0.942. The van der Waals surface area contributed by atoms with Crippen molar-refractivity contribution in [1.29, 1.82) is 5.41 Å². The van der Waals surface area contributed by atoms with Gasteiger partial charge in [-0.3, -0.25) is 14.6 Å². The maximum absolute atomic E-state index is 12.9. The first-order chi connectivity index (χ1) is 12.1. The molecule has 1 aliphatic rings. The lowest BCUT2D eigenvalue weighted by atomic mass is 10.2. The van der Waals surface area contributed by atoms with Crippen molar-refractivity contribution < 1.29 is 4.74 Å². The minimum absolute atomic E-state index is 0.00470. The Morgan fingerprint density at radius 1 is 1.48 bits per heavy atom. The first-order valence-electron chi connectivity index (χ1n) is 8.07. The molecule has 0 radical (unpaired) electrons. The zero-order valence-electron chi connectivity index (χ0n) is 13.4. The van der Waals surface area contributed by atoms with Crippen LogP contribution in [-0.4, -0.2) is 31.7 Å². The topological polar surface area (TPSA) is 98.4 Å². The number of nitrogens with one attached hydrogen (secondary N) is 1. The summed E-state index contributed by atoms with van der Waals surface area (Å²) in [5.41, 5.74) is 7.09. The van der Waals surface area contributed by atoms with Crippen molar-refractivity contribution >= 4 is 33.9 Å². The molecule has 1 saturated heterocycles. The third-order valence-corrected chi connectivity index (χ3v) is 4.71. The highest BCUT2D eigenvalue weighted by molar-refractivity contribution is 7.80. The van der Waals surface area contributed by atoms with Crippen LogP contribution < -0.4 is 16.8 Å². The lowest BCUT2D eigenvalue weighted by molar-refractivity contribution is 0.0968. The van der Waals surface area contributed by atoms with E-state index < -0.39 is 0 Å². The second-order valence-electron chi connectivity index (χ2n) is 6.10. The van der Waals surface area contributed by atoms with E-state index in [1.165, 1.54) is 4.40 Å². The summed E-state index contributed by atoms with van der Waals surface area (Å²) in [5, 5.41) is 8.88. The zero-order valence-corrected chi connectivity index (χ0v) is 14.3. The van der Waals surface area contributed by atoms with E-state index in [1.807, 2.05) is 6.07 Å². The fourth-order valence-electron chi connectivity index (χ4n) is 3.24. The molecule has 3 aromatic rings. The highest BCUT2D eigenvalue weighted by atomic mass is 32.1. The smallest absolute Gasteiger partial charge is 0.267 e. The standard InChI is InChI=1S/C17H17N5O2S/c18-14-11(15(19)25)8-12-16(22(14)9-10-4-3-7-24-10)20-13-5-1-2-6-21(13)17(12)23/h1-2,5-6,8,10,18H,3-4,7,9H2,(H2,19,25)/t10-/m1/s1. The molecule has 0 saturated carbocycles. The molecule has 0 aromatic carbocycles. The van der Waals surface area contributed by atoms with Crippen molar-refractivity contribution in [3.05, 3.63) is 51.9 Å². The lowest BCUT2D eigenvalue weighted by Crippen LogP contribution is -2.34. The molecule has 7 nitrogen and oxygen atoms in total. The number of hydrogen-bond donors (Lipinski definition) is 2. The Balaban J connectivity index is 2.08. The number of hydrogen-bond acceptors (Lipinski definition) is 5. The Hall–Kier alpha value is -2.58. The van der Waals surface area contributed by atoms with E-state index in [9.17, 15) is 4.79 Å². The molecular formula is C17H17N5O2S. The molecule has 0 aliphatic carbocycles. The number of aromatic nitrogens is 3. The molecule has 25 heavy (non-hydrogen) atoms. The first kappa shape index (κ1) is 15.9. The molecule has 0 unspecified atom stereocenters. The van der Waals surface area contributed by atoms with Crippen molar-refractivity contribution in [3.63, 3.8) is 0 Å². The monoisotopic (exact) mass is 355 g/mol. The Morgan fingerprint density at radius 3 is 3.04 bits per heavy atom. The van der Waals surface area contributed by atoms with Gasteiger partial charge in [0.15, 0.2) is 0 Å². The van der Waals surface area contributed by atoms with Crippen LogP contribution in [0, 0.1) is 5.41 Å². The van der Waals surface area contributed by atoms with E-state index in [0.29, 0.717) is 35.4 Å². The van der Waals surface area contributed by atoms with Gasteiger partial charge in [-0.05, 0) is 31.0 Å². The fraction of sp³-hybridized carbons (Fsp3) is 0.294. The summed E-state index contributed by atoms with van der Waals surface area (Å²) in [6, 6.07) is 6.93. The van der Waals surface area contributed by atoms with Gasteiger partial charge < -0.3 is 15.0 Å². The summed E-state index contributed by atoms with van der Waals surface area (Å²) in [4.78, 5) is 17.6. The van der Waals surface area contributed by atoms with E-state index in [-0.39, 0.29) is 22.1 Å². The molecular weight excluding hydrogens is 338 g/mol. The molecule has 0 spiro atoms. The van der Waals surface area contributed by atoms with Crippen LogP contribution in [0.25, 0.3) is 16.7 Å². The summed E-state index contributed by atoms with van der Waals surface area (Å²) in [5.74, 6) is 0. The Kier molecular flexibility index (Phi) is 3.85. The van der Waals surface area contributed by atoms with Crippen LogP contribution in [-0.2, 0) is 11.3 Å². The molecule has 4 rings (SSSR count). The third-order valence-electron chi connectivity index (χ3n) is 4.49. The van der Waals surface area contributed by atoms with E-state index >= 15 is 0 Å². The molecule has 128 valence electrons. The lowest BCUT2D eigenvalue weighted by Gasteiger charge is -2.17. The maximum Gasteiger partial charge on any atom is 0.267 e. The van der Waals surface area contributed by atoms with Gasteiger partial charge in [0.05, 0.1) is 23.6 Å². The van der Waals surface area contributed by atoms with Crippen LogP contribution in [0.2, 0.25) is 0 Å². The maximum atomic E-state index is 12.9. The highest BCUT2D eigenvalue weighted by Crippen LogP contribution is 2.16. The fourth-order valence-corrected chi connectivity index (χ4v) is 3.40. The van der Waals surface area contributed by atoms with E-state index in [4.69, 9.17) is 28.1 Å². The number of nitrogens with two attached hydrogens (primary N) is 1. The Bertz CT molecular complexity index is 1110. The number of fused-ring (bicyclic) bond motifs is 2.